The van der Waals surface area contributed by atoms with Gasteiger partial charge in [-0.3, -0.25) is 0 Å². The Bertz CT molecular complexity index is 562. The van der Waals surface area contributed by atoms with Crippen LogP contribution in [0.25, 0.3) is 11.0 Å². The maximum absolute atomic E-state index is 10.9. The number of halogens is 1. The van der Waals surface area contributed by atoms with Gasteiger partial charge in [-0.05, 0) is 12.1 Å². The molecule has 0 atom stereocenters. The highest BCUT2D eigenvalue weighted by Gasteiger charge is 2.08. The number of benzene rings is 1. The lowest BCUT2D eigenvalue weighted by Gasteiger charge is -2.02. The number of aromatic hydroxyl groups is 1. The van der Waals surface area contributed by atoms with Crippen LogP contribution in [-0.4, -0.2) is 5.11 Å². The van der Waals surface area contributed by atoms with E-state index in [0.717, 1.165) is 6.07 Å². The van der Waals surface area contributed by atoms with Gasteiger partial charge in [-0.1, -0.05) is 15.9 Å². The van der Waals surface area contributed by atoms with Crippen molar-refractivity contribution >= 4 is 32.6 Å². The summed E-state index contributed by atoms with van der Waals surface area (Å²) in [6.45, 7) is 0. The molecule has 5 heteroatoms. The van der Waals surface area contributed by atoms with Gasteiger partial charge in [0, 0.05) is 4.47 Å². The Kier molecular flexibility index (Phi) is 1.96. The zero-order valence-corrected chi connectivity index (χ0v) is 8.54. The number of anilines is 1. The molecular weight excluding hydrogens is 250 g/mol. The predicted molar refractivity (Wildman–Crippen MR) is 56.3 cm³/mol. The largest absolute Gasteiger partial charge is 0.507 e. The lowest BCUT2D eigenvalue weighted by atomic mass is 10.2. The first-order chi connectivity index (χ1) is 6.58. The molecule has 3 N–H and O–H groups in total. The second kappa shape index (κ2) is 3.02. The highest BCUT2D eigenvalue weighted by molar-refractivity contribution is 9.10. The van der Waals surface area contributed by atoms with Crippen molar-refractivity contribution in [3.05, 3.63) is 33.1 Å². The first kappa shape index (κ1) is 9.08. The van der Waals surface area contributed by atoms with Crippen LogP contribution >= 0.6 is 15.9 Å². The molecule has 0 radical (unpaired) electrons. The molecule has 1 aromatic heterocycles. The Balaban J connectivity index is 3.01. The predicted octanol–water partition coefficient (Wildman–Crippen LogP) is 1.84. The highest BCUT2D eigenvalue weighted by atomic mass is 79.9. The second-order valence-electron chi connectivity index (χ2n) is 2.82. The van der Waals surface area contributed by atoms with E-state index in [1.165, 1.54) is 0 Å². The Morgan fingerprint density at radius 2 is 2.07 bits per heavy atom. The van der Waals surface area contributed by atoms with E-state index in [4.69, 9.17) is 10.2 Å². The first-order valence-electron chi connectivity index (χ1n) is 3.80. The van der Waals surface area contributed by atoms with Gasteiger partial charge in [-0.25, -0.2) is 4.79 Å². The Hall–Kier alpha value is -1.49. The summed E-state index contributed by atoms with van der Waals surface area (Å²) in [7, 11) is 0. The summed E-state index contributed by atoms with van der Waals surface area (Å²) in [5.74, 6) is -0.135. The van der Waals surface area contributed by atoms with E-state index >= 15 is 0 Å². The van der Waals surface area contributed by atoms with Crippen LogP contribution in [0.1, 0.15) is 0 Å². The normalized spacial score (nSPS) is 10.6. The van der Waals surface area contributed by atoms with Crippen LogP contribution in [0.4, 0.5) is 5.69 Å². The van der Waals surface area contributed by atoms with E-state index in [9.17, 15) is 9.90 Å². The highest BCUT2D eigenvalue weighted by Crippen LogP contribution is 2.30. The molecular formula is C9H6BrNO3. The summed E-state index contributed by atoms with van der Waals surface area (Å²) in [6.07, 6.45) is 0. The SMILES string of the molecule is Nc1cc(Br)cc2c(O)cc(=O)oc12. The number of rotatable bonds is 0. The molecule has 1 heterocycles. The van der Waals surface area contributed by atoms with E-state index in [1.807, 2.05) is 0 Å². The molecule has 14 heavy (non-hydrogen) atoms. The van der Waals surface area contributed by atoms with Crippen molar-refractivity contribution in [3.8, 4) is 5.75 Å². The summed E-state index contributed by atoms with van der Waals surface area (Å²) in [5.41, 5.74) is 5.51. The fraction of sp³-hybridized carbons (Fsp3) is 0. The van der Waals surface area contributed by atoms with Gasteiger partial charge in [-0.15, -0.1) is 0 Å². The van der Waals surface area contributed by atoms with Crippen molar-refractivity contribution in [2.45, 2.75) is 0 Å². The van der Waals surface area contributed by atoms with Crippen LogP contribution in [0, 0.1) is 0 Å². The molecule has 0 saturated carbocycles. The van der Waals surface area contributed by atoms with Gasteiger partial charge in [0.15, 0.2) is 5.58 Å². The molecule has 0 aliphatic rings. The summed E-state index contributed by atoms with van der Waals surface area (Å²) in [4.78, 5) is 10.9. The maximum Gasteiger partial charge on any atom is 0.340 e. The lowest BCUT2D eigenvalue weighted by Crippen LogP contribution is -1.97. The molecule has 0 fully saturated rings. The van der Waals surface area contributed by atoms with Crippen molar-refractivity contribution in [1.82, 2.24) is 0 Å². The first-order valence-corrected chi connectivity index (χ1v) is 4.59. The van der Waals surface area contributed by atoms with Gasteiger partial charge >= 0.3 is 5.63 Å². The van der Waals surface area contributed by atoms with Gasteiger partial charge in [0.2, 0.25) is 0 Å². The van der Waals surface area contributed by atoms with Crippen LogP contribution < -0.4 is 11.4 Å². The zero-order valence-electron chi connectivity index (χ0n) is 6.95. The number of nitrogens with two attached hydrogens (primary N) is 1. The minimum absolute atomic E-state index is 0.135. The average molecular weight is 256 g/mol. The molecule has 0 aliphatic heterocycles. The van der Waals surface area contributed by atoms with Gasteiger partial charge in [0.05, 0.1) is 17.1 Å². The monoisotopic (exact) mass is 255 g/mol. The van der Waals surface area contributed by atoms with Crippen LogP contribution in [0.3, 0.4) is 0 Å². The van der Waals surface area contributed by atoms with Crippen molar-refractivity contribution < 1.29 is 9.52 Å². The second-order valence-corrected chi connectivity index (χ2v) is 3.74. The van der Waals surface area contributed by atoms with Crippen molar-refractivity contribution in [2.24, 2.45) is 0 Å². The van der Waals surface area contributed by atoms with Gasteiger partial charge in [0.1, 0.15) is 5.75 Å². The summed E-state index contributed by atoms with van der Waals surface area (Å²) in [5, 5.41) is 9.88. The lowest BCUT2D eigenvalue weighted by molar-refractivity contribution is 0.468. The average Bonchev–Trinajstić information content (AvgIpc) is 2.07. The Labute approximate surface area is 87.1 Å². The quantitative estimate of drug-likeness (QED) is 0.557. The van der Waals surface area contributed by atoms with Crippen LogP contribution in [-0.2, 0) is 0 Å². The molecule has 0 amide bonds. The summed E-state index contributed by atoms with van der Waals surface area (Å²) in [6, 6.07) is 4.24. The molecule has 0 saturated heterocycles. The third kappa shape index (κ3) is 1.35. The van der Waals surface area contributed by atoms with Crippen molar-refractivity contribution in [2.75, 3.05) is 5.73 Å². The Morgan fingerprint density at radius 1 is 1.36 bits per heavy atom. The van der Waals surface area contributed by atoms with E-state index in [0.29, 0.717) is 15.5 Å². The fourth-order valence-corrected chi connectivity index (χ4v) is 1.71. The topological polar surface area (TPSA) is 76.5 Å². The number of nitrogen functional groups attached to an aromatic ring is 1. The fourth-order valence-electron chi connectivity index (χ4n) is 1.24. The number of fused-ring (bicyclic) bond motifs is 1. The molecule has 0 spiro atoms. The van der Waals surface area contributed by atoms with Crippen LogP contribution in [0.2, 0.25) is 0 Å². The van der Waals surface area contributed by atoms with Gasteiger partial charge in [-0.2, -0.15) is 0 Å². The molecule has 1 aromatic carbocycles. The van der Waals surface area contributed by atoms with Gasteiger partial charge < -0.3 is 15.3 Å². The van der Waals surface area contributed by atoms with Gasteiger partial charge in [0.25, 0.3) is 0 Å². The maximum atomic E-state index is 10.9. The molecule has 2 rings (SSSR count). The standard InChI is InChI=1S/C9H6BrNO3/c10-4-1-5-7(12)3-8(13)14-9(5)6(11)2-4/h1-3,12H,11H2. The summed E-state index contributed by atoms with van der Waals surface area (Å²) < 4.78 is 5.58. The molecule has 72 valence electrons. The molecule has 4 nitrogen and oxygen atoms in total. The molecule has 0 unspecified atom stereocenters. The van der Waals surface area contributed by atoms with E-state index in [1.54, 1.807) is 12.1 Å². The van der Waals surface area contributed by atoms with E-state index < -0.39 is 5.63 Å². The van der Waals surface area contributed by atoms with Crippen molar-refractivity contribution in [3.63, 3.8) is 0 Å². The molecule has 0 bridgehead atoms. The van der Waals surface area contributed by atoms with Crippen LogP contribution in [0.5, 0.6) is 5.75 Å². The van der Waals surface area contributed by atoms with Crippen molar-refractivity contribution in [1.29, 1.82) is 0 Å². The molecule has 2 aromatic rings. The minimum Gasteiger partial charge on any atom is -0.507 e. The minimum atomic E-state index is -0.621. The third-order valence-corrected chi connectivity index (χ3v) is 2.27. The Morgan fingerprint density at radius 3 is 2.79 bits per heavy atom. The zero-order chi connectivity index (χ0) is 10.3. The number of hydrogen-bond acceptors (Lipinski definition) is 4. The van der Waals surface area contributed by atoms with E-state index in [2.05, 4.69) is 15.9 Å². The van der Waals surface area contributed by atoms with Crippen LogP contribution in [0.15, 0.2) is 31.9 Å². The summed E-state index contributed by atoms with van der Waals surface area (Å²) >= 11 is 3.23. The molecule has 0 aliphatic carbocycles. The smallest absolute Gasteiger partial charge is 0.340 e. The number of hydrogen-bond donors (Lipinski definition) is 2. The third-order valence-electron chi connectivity index (χ3n) is 1.82. The van der Waals surface area contributed by atoms with E-state index in [-0.39, 0.29) is 11.3 Å².